The second-order valence-corrected chi connectivity index (χ2v) is 7.69. The first-order valence-corrected chi connectivity index (χ1v) is 10.1. The average molecular weight is 384 g/mol. The summed E-state index contributed by atoms with van der Waals surface area (Å²) in [6.45, 7) is 5.11. The van der Waals surface area contributed by atoms with Crippen LogP contribution in [0.1, 0.15) is 42.6 Å². The maximum absolute atomic E-state index is 6.51. The molecule has 4 rings (SSSR count). The number of aromatic nitrogens is 4. The normalized spacial score (nSPS) is 18.1. The summed E-state index contributed by atoms with van der Waals surface area (Å²) in [6, 6.07) is 10.5. The molecule has 6 heteroatoms. The van der Waals surface area contributed by atoms with E-state index in [0.29, 0.717) is 5.92 Å². The van der Waals surface area contributed by atoms with Crippen molar-refractivity contribution in [1.29, 1.82) is 0 Å². The Kier molecular flexibility index (Phi) is 5.32. The maximum atomic E-state index is 6.51. The molecule has 1 atom stereocenters. The summed E-state index contributed by atoms with van der Waals surface area (Å²) >= 11 is 6.51. The molecule has 0 bridgehead atoms. The van der Waals surface area contributed by atoms with Crippen molar-refractivity contribution in [2.75, 3.05) is 13.1 Å². The van der Waals surface area contributed by atoms with Crippen molar-refractivity contribution >= 4 is 11.6 Å². The molecule has 1 fully saturated rings. The highest BCUT2D eigenvalue weighted by Crippen LogP contribution is 2.34. The van der Waals surface area contributed by atoms with E-state index in [9.17, 15) is 0 Å². The summed E-state index contributed by atoms with van der Waals surface area (Å²) in [5.74, 6) is 0.456. The fraction of sp³-hybridized carbons (Fsp3) is 0.429. The zero-order valence-electron chi connectivity index (χ0n) is 16.0. The summed E-state index contributed by atoms with van der Waals surface area (Å²) in [5, 5.41) is 12.9. The minimum Gasteiger partial charge on any atom is -0.298 e. The molecule has 1 saturated heterocycles. The Morgan fingerprint density at radius 3 is 2.85 bits per heavy atom. The summed E-state index contributed by atoms with van der Waals surface area (Å²) in [4.78, 5) is 2.51. The molecule has 1 aromatic carbocycles. The van der Waals surface area contributed by atoms with E-state index in [-0.39, 0.29) is 0 Å². The van der Waals surface area contributed by atoms with E-state index < -0.39 is 0 Å². The van der Waals surface area contributed by atoms with Crippen molar-refractivity contribution in [3.63, 3.8) is 0 Å². The average Bonchev–Trinajstić information content (AvgIpc) is 3.29. The van der Waals surface area contributed by atoms with Gasteiger partial charge >= 0.3 is 0 Å². The molecular formula is C21H26ClN5. The van der Waals surface area contributed by atoms with Crippen LogP contribution in [-0.2, 0) is 20.0 Å². The molecule has 2 aromatic heterocycles. The highest BCUT2D eigenvalue weighted by Gasteiger charge is 2.26. The second-order valence-electron chi connectivity index (χ2n) is 7.33. The molecule has 0 spiro atoms. The first-order valence-electron chi connectivity index (χ1n) is 9.68. The van der Waals surface area contributed by atoms with Crippen molar-refractivity contribution in [2.45, 2.75) is 38.6 Å². The number of nitrogens with zero attached hydrogens (tertiary/aromatic N) is 4. The Morgan fingerprint density at radius 1 is 1.26 bits per heavy atom. The molecule has 3 aromatic rings. The second kappa shape index (κ2) is 7.87. The minimum atomic E-state index is 0.456. The number of hydrogen-bond donors (Lipinski definition) is 1. The number of nitrogens with one attached hydrogen (secondary N) is 1. The number of piperidine rings is 1. The molecule has 0 radical (unpaired) electrons. The molecule has 27 heavy (non-hydrogen) atoms. The third-order valence-electron chi connectivity index (χ3n) is 5.54. The Balaban J connectivity index is 1.54. The first-order chi connectivity index (χ1) is 13.2. The SMILES string of the molecule is CCc1nn(C)c(Cl)c1CN1CCC[C@@H](c2[nH]ncc2-c2ccccc2)C1. The van der Waals surface area contributed by atoms with Crippen LogP contribution in [0.15, 0.2) is 36.5 Å². The lowest BCUT2D eigenvalue weighted by molar-refractivity contribution is 0.198. The fourth-order valence-electron chi connectivity index (χ4n) is 4.15. The van der Waals surface area contributed by atoms with Crippen LogP contribution in [0.5, 0.6) is 0 Å². The van der Waals surface area contributed by atoms with Crippen molar-refractivity contribution in [2.24, 2.45) is 7.05 Å². The van der Waals surface area contributed by atoms with Crippen LogP contribution >= 0.6 is 11.6 Å². The summed E-state index contributed by atoms with van der Waals surface area (Å²) in [5.41, 5.74) is 5.98. The molecule has 1 N–H and O–H groups in total. The van der Waals surface area contributed by atoms with Gasteiger partial charge in [-0.2, -0.15) is 10.2 Å². The monoisotopic (exact) mass is 383 g/mol. The summed E-state index contributed by atoms with van der Waals surface area (Å²) in [7, 11) is 1.92. The Bertz CT molecular complexity index is 899. The van der Waals surface area contributed by atoms with Crippen molar-refractivity contribution in [3.8, 4) is 11.1 Å². The van der Waals surface area contributed by atoms with Crippen molar-refractivity contribution < 1.29 is 0 Å². The molecule has 0 saturated carbocycles. The largest absolute Gasteiger partial charge is 0.298 e. The van der Waals surface area contributed by atoms with Gasteiger partial charge in [-0.3, -0.25) is 14.7 Å². The lowest BCUT2D eigenvalue weighted by atomic mass is 9.90. The lowest BCUT2D eigenvalue weighted by Crippen LogP contribution is -2.34. The molecule has 1 aliphatic heterocycles. The van der Waals surface area contributed by atoms with Gasteiger partial charge in [0.1, 0.15) is 5.15 Å². The van der Waals surface area contributed by atoms with Crippen LogP contribution in [0.3, 0.4) is 0 Å². The Hall–Kier alpha value is -2.11. The third-order valence-corrected chi connectivity index (χ3v) is 6.01. The number of H-pyrrole nitrogens is 1. The quantitative estimate of drug-likeness (QED) is 0.710. The number of aromatic amines is 1. The van der Waals surface area contributed by atoms with E-state index in [4.69, 9.17) is 11.6 Å². The van der Waals surface area contributed by atoms with E-state index in [1.807, 2.05) is 13.2 Å². The lowest BCUT2D eigenvalue weighted by Gasteiger charge is -2.32. The van der Waals surface area contributed by atoms with Crippen LogP contribution in [0.4, 0.5) is 0 Å². The highest BCUT2D eigenvalue weighted by molar-refractivity contribution is 6.30. The molecule has 142 valence electrons. The van der Waals surface area contributed by atoms with Gasteiger partial charge < -0.3 is 0 Å². The Morgan fingerprint density at radius 2 is 2.07 bits per heavy atom. The summed E-state index contributed by atoms with van der Waals surface area (Å²) in [6.07, 6.45) is 5.22. The predicted molar refractivity (Wildman–Crippen MR) is 109 cm³/mol. The van der Waals surface area contributed by atoms with Gasteiger partial charge in [0.15, 0.2) is 0 Å². The van der Waals surface area contributed by atoms with Crippen molar-refractivity contribution in [1.82, 2.24) is 24.9 Å². The van der Waals surface area contributed by atoms with Gasteiger partial charge in [-0.15, -0.1) is 0 Å². The number of likely N-dealkylation sites (tertiary alicyclic amines) is 1. The number of benzene rings is 1. The fourth-order valence-corrected chi connectivity index (χ4v) is 4.36. The van der Waals surface area contributed by atoms with Crippen LogP contribution in [0, 0.1) is 0 Å². The molecule has 0 unspecified atom stereocenters. The third kappa shape index (κ3) is 3.66. The number of hydrogen-bond acceptors (Lipinski definition) is 3. The standard InChI is InChI=1S/C21H26ClN5/c1-3-19-18(21(22)26(2)25-19)14-27-11-7-10-16(13-27)20-17(12-23-24-20)15-8-5-4-6-9-15/h4-6,8-9,12,16H,3,7,10-11,13-14H2,1-2H3,(H,23,24)/t16-/m1/s1. The number of rotatable bonds is 5. The summed E-state index contributed by atoms with van der Waals surface area (Å²) < 4.78 is 1.79. The molecule has 0 amide bonds. The maximum Gasteiger partial charge on any atom is 0.131 e. The molecular weight excluding hydrogens is 358 g/mol. The van der Waals surface area contributed by atoms with Gasteiger partial charge in [-0.05, 0) is 31.4 Å². The topological polar surface area (TPSA) is 49.7 Å². The van der Waals surface area contributed by atoms with E-state index in [1.165, 1.54) is 35.2 Å². The van der Waals surface area contributed by atoms with Gasteiger partial charge in [0.2, 0.25) is 0 Å². The molecule has 5 nitrogen and oxygen atoms in total. The van der Waals surface area contributed by atoms with Gasteiger partial charge in [0.05, 0.1) is 11.9 Å². The zero-order chi connectivity index (χ0) is 18.8. The van der Waals surface area contributed by atoms with Gasteiger partial charge in [0.25, 0.3) is 0 Å². The Labute approximate surface area is 165 Å². The van der Waals surface area contributed by atoms with E-state index in [2.05, 4.69) is 57.5 Å². The van der Waals surface area contributed by atoms with E-state index in [1.54, 1.807) is 4.68 Å². The highest BCUT2D eigenvalue weighted by atomic mass is 35.5. The van der Waals surface area contributed by atoms with E-state index >= 15 is 0 Å². The van der Waals surface area contributed by atoms with E-state index in [0.717, 1.165) is 36.9 Å². The van der Waals surface area contributed by atoms with Crippen LogP contribution in [0.2, 0.25) is 5.15 Å². The van der Waals surface area contributed by atoms with Gasteiger partial charge in [-0.25, -0.2) is 0 Å². The number of aryl methyl sites for hydroxylation is 2. The van der Waals surface area contributed by atoms with Crippen LogP contribution in [0.25, 0.3) is 11.1 Å². The van der Waals surface area contributed by atoms with Crippen molar-refractivity contribution in [3.05, 3.63) is 58.6 Å². The van der Waals surface area contributed by atoms with Gasteiger partial charge in [-0.1, -0.05) is 48.9 Å². The van der Waals surface area contributed by atoms with Crippen LogP contribution in [-0.4, -0.2) is 38.0 Å². The predicted octanol–water partition coefficient (Wildman–Crippen LogP) is 4.41. The molecule has 1 aliphatic rings. The molecule has 0 aliphatic carbocycles. The smallest absolute Gasteiger partial charge is 0.131 e. The first kappa shape index (κ1) is 18.3. The zero-order valence-corrected chi connectivity index (χ0v) is 16.7. The van der Waals surface area contributed by atoms with Gasteiger partial charge in [0, 0.05) is 42.9 Å². The molecule has 3 heterocycles. The number of halogens is 1. The van der Waals surface area contributed by atoms with Crippen LogP contribution < -0.4 is 0 Å². The minimum absolute atomic E-state index is 0.456.